The van der Waals surface area contributed by atoms with Crippen LogP contribution in [0.1, 0.15) is 18.4 Å². The third-order valence-electron chi connectivity index (χ3n) is 5.20. The van der Waals surface area contributed by atoms with E-state index in [-0.39, 0.29) is 24.6 Å². The van der Waals surface area contributed by atoms with E-state index in [9.17, 15) is 9.59 Å². The summed E-state index contributed by atoms with van der Waals surface area (Å²) in [6, 6.07) is 5.19. The van der Waals surface area contributed by atoms with Gasteiger partial charge in [0.2, 0.25) is 5.91 Å². The van der Waals surface area contributed by atoms with Crippen LogP contribution >= 0.6 is 23.2 Å². The zero-order valence-corrected chi connectivity index (χ0v) is 16.4. The highest BCUT2D eigenvalue weighted by molar-refractivity contribution is 6.35. The minimum Gasteiger partial charge on any atom is -0.381 e. The molecular formula is C18H23Cl2N3O4. The largest absolute Gasteiger partial charge is 0.381 e. The predicted octanol–water partition coefficient (Wildman–Crippen LogP) is 1.94. The lowest BCUT2D eigenvalue weighted by molar-refractivity contribution is -0.133. The molecule has 1 atom stereocenters. The second-order valence-electron chi connectivity index (χ2n) is 6.88. The summed E-state index contributed by atoms with van der Waals surface area (Å²) in [5.74, 6) is -0.568. The number of nitrogens with two attached hydrogens (primary N) is 1. The van der Waals surface area contributed by atoms with Crippen LogP contribution in [0.5, 0.6) is 0 Å². The number of carbonyl (C=O) groups is 2. The van der Waals surface area contributed by atoms with Crippen molar-refractivity contribution in [3.63, 3.8) is 0 Å². The van der Waals surface area contributed by atoms with Crippen molar-refractivity contribution in [2.75, 3.05) is 39.5 Å². The molecule has 27 heavy (non-hydrogen) atoms. The lowest BCUT2D eigenvalue weighted by atomic mass is 9.74. The smallest absolute Gasteiger partial charge is 0.317 e. The fourth-order valence-electron chi connectivity index (χ4n) is 3.59. The zero-order valence-electron chi connectivity index (χ0n) is 14.9. The molecule has 3 amide bonds. The van der Waals surface area contributed by atoms with Gasteiger partial charge in [-0.25, -0.2) is 4.79 Å². The molecule has 0 saturated carbocycles. The number of benzene rings is 1. The van der Waals surface area contributed by atoms with Gasteiger partial charge in [0.05, 0.1) is 13.2 Å². The number of primary amides is 1. The Bertz CT molecular complexity index is 710. The van der Waals surface area contributed by atoms with E-state index in [1.165, 1.54) is 0 Å². The first-order chi connectivity index (χ1) is 12.9. The first-order valence-corrected chi connectivity index (χ1v) is 9.64. The normalized spacial score (nSPS) is 22.3. The molecule has 3 rings (SSSR count). The molecule has 0 spiro atoms. The lowest BCUT2D eigenvalue weighted by Crippen LogP contribution is -2.55. The summed E-state index contributed by atoms with van der Waals surface area (Å²) in [7, 11) is 0. The minimum absolute atomic E-state index is 0.152. The van der Waals surface area contributed by atoms with E-state index in [0.29, 0.717) is 36.3 Å². The van der Waals surface area contributed by atoms with Gasteiger partial charge in [-0.2, -0.15) is 0 Å². The zero-order chi connectivity index (χ0) is 19.4. The van der Waals surface area contributed by atoms with Crippen LogP contribution in [0, 0.1) is 0 Å². The number of hydrogen-bond acceptors (Lipinski definition) is 4. The molecule has 7 nitrogen and oxygen atoms in total. The Balaban J connectivity index is 1.72. The Morgan fingerprint density at radius 3 is 2.67 bits per heavy atom. The summed E-state index contributed by atoms with van der Waals surface area (Å²) < 4.78 is 10.8. The highest BCUT2D eigenvalue weighted by Gasteiger charge is 2.37. The van der Waals surface area contributed by atoms with Crippen molar-refractivity contribution >= 4 is 35.1 Å². The van der Waals surface area contributed by atoms with Crippen LogP contribution in [0.25, 0.3) is 0 Å². The average molecular weight is 416 g/mol. The van der Waals surface area contributed by atoms with Crippen molar-refractivity contribution in [3.05, 3.63) is 33.8 Å². The van der Waals surface area contributed by atoms with Gasteiger partial charge in [-0.05, 0) is 30.5 Å². The number of ether oxygens (including phenoxy) is 2. The molecular weight excluding hydrogens is 393 g/mol. The maximum atomic E-state index is 12.6. The van der Waals surface area contributed by atoms with Crippen molar-refractivity contribution in [1.29, 1.82) is 0 Å². The van der Waals surface area contributed by atoms with E-state index in [0.717, 1.165) is 18.4 Å². The molecule has 2 saturated heterocycles. The molecule has 2 aliphatic heterocycles. The highest BCUT2D eigenvalue weighted by Crippen LogP contribution is 2.39. The van der Waals surface area contributed by atoms with Crippen LogP contribution in [0.15, 0.2) is 18.2 Å². The van der Waals surface area contributed by atoms with Gasteiger partial charge < -0.3 is 25.4 Å². The van der Waals surface area contributed by atoms with Crippen LogP contribution in [0.4, 0.5) is 4.79 Å². The Kier molecular flexibility index (Phi) is 6.47. The third kappa shape index (κ3) is 4.66. The molecule has 2 heterocycles. The summed E-state index contributed by atoms with van der Waals surface area (Å²) in [5, 5.41) is 4.15. The quantitative estimate of drug-likeness (QED) is 0.785. The fourth-order valence-corrected chi connectivity index (χ4v) is 4.19. The van der Waals surface area contributed by atoms with Gasteiger partial charge in [0.15, 0.2) is 6.10 Å². The van der Waals surface area contributed by atoms with Crippen LogP contribution in [0.3, 0.4) is 0 Å². The summed E-state index contributed by atoms with van der Waals surface area (Å²) in [6.45, 7) is 2.44. The molecule has 2 aliphatic rings. The van der Waals surface area contributed by atoms with Crippen molar-refractivity contribution in [1.82, 2.24) is 10.2 Å². The van der Waals surface area contributed by atoms with E-state index >= 15 is 0 Å². The van der Waals surface area contributed by atoms with E-state index < -0.39 is 12.0 Å². The van der Waals surface area contributed by atoms with Gasteiger partial charge in [0.25, 0.3) is 0 Å². The van der Waals surface area contributed by atoms with Gasteiger partial charge in [0, 0.05) is 41.8 Å². The van der Waals surface area contributed by atoms with Crippen molar-refractivity contribution in [2.24, 2.45) is 5.73 Å². The van der Waals surface area contributed by atoms with E-state index in [2.05, 4.69) is 5.32 Å². The van der Waals surface area contributed by atoms with Gasteiger partial charge in [0.1, 0.15) is 0 Å². The number of rotatable bonds is 4. The van der Waals surface area contributed by atoms with E-state index in [4.69, 9.17) is 38.4 Å². The second-order valence-corrected chi connectivity index (χ2v) is 7.73. The molecule has 2 fully saturated rings. The Morgan fingerprint density at radius 1 is 1.26 bits per heavy atom. The Labute approximate surface area is 168 Å². The number of hydrogen-bond donors (Lipinski definition) is 2. The predicted molar refractivity (Wildman–Crippen MR) is 102 cm³/mol. The number of nitrogens with zero attached hydrogens (tertiary/aromatic N) is 1. The molecule has 1 aromatic carbocycles. The first-order valence-electron chi connectivity index (χ1n) is 8.88. The van der Waals surface area contributed by atoms with Crippen LogP contribution < -0.4 is 11.1 Å². The average Bonchev–Trinajstić information content (AvgIpc) is 2.67. The summed E-state index contributed by atoms with van der Waals surface area (Å²) in [5.41, 5.74) is 5.91. The molecule has 9 heteroatoms. The molecule has 0 aromatic heterocycles. The SMILES string of the molecule is NC(=O)[C@H]1CN(C(=O)NCC2(c3ccc(Cl)cc3Cl)CCOCC2)CCO1. The van der Waals surface area contributed by atoms with E-state index in [1.54, 1.807) is 17.0 Å². The van der Waals surface area contributed by atoms with Crippen molar-refractivity contribution in [2.45, 2.75) is 24.4 Å². The van der Waals surface area contributed by atoms with E-state index in [1.807, 2.05) is 6.07 Å². The second kappa shape index (κ2) is 8.65. The first kappa shape index (κ1) is 20.2. The number of carbonyl (C=O) groups excluding carboxylic acids is 2. The van der Waals surface area contributed by atoms with Crippen LogP contribution in [-0.2, 0) is 19.7 Å². The maximum Gasteiger partial charge on any atom is 0.317 e. The minimum atomic E-state index is -0.771. The summed E-state index contributed by atoms with van der Waals surface area (Å²) >= 11 is 12.5. The summed E-state index contributed by atoms with van der Waals surface area (Å²) in [4.78, 5) is 25.5. The molecule has 0 radical (unpaired) electrons. The maximum absolute atomic E-state index is 12.6. The Morgan fingerprint density at radius 2 is 2.00 bits per heavy atom. The van der Waals surface area contributed by atoms with Gasteiger partial charge in [-0.3, -0.25) is 4.79 Å². The van der Waals surface area contributed by atoms with Crippen LogP contribution in [0.2, 0.25) is 10.0 Å². The molecule has 0 aliphatic carbocycles. The molecule has 0 bridgehead atoms. The Hall–Kier alpha value is -1.54. The standard InChI is InChI=1S/C18H23Cl2N3O4/c19-12-1-2-13(14(20)9-12)18(3-6-26-7-4-18)11-22-17(25)23-5-8-27-15(10-23)16(21)24/h1-2,9,15H,3-8,10-11H2,(H2,21,24)(H,22,25)/t15-/m1/s1. The lowest BCUT2D eigenvalue weighted by Gasteiger charge is -2.39. The number of urea groups is 1. The monoisotopic (exact) mass is 415 g/mol. The van der Waals surface area contributed by atoms with Gasteiger partial charge in [-0.1, -0.05) is 29.3 Å². The fraction of sp³-hybridized carbons (Fsp3) is 0.556. The third-order valence-corrected chi connectivity index (χ3v) is 5.75. The van der Waals surface area contributed by atoms with Gasteiger partial charge in [-0.15, -0.1) is 0 Å². The number of nitrogens with one attached hydrogen (secondary N) is 1. The number of halogens is 2. The molecule has 1 aromatic rings. The molecule has 148 valence electrons. The number of amides is 3. The van der Waals surface area contributed by atoms with Crippen LogP contribution in [-0.4, -0.2) is 62.4 Å². The van der Waals surface area contributed by atoms with Gasteiger partial charge >= 0.3 is 6.03 Å². The molecule has 3 N–H and O–H groups in total. The van der Waals surface area contributed by atoms with Crippen molar-refractivity contribution < 1.29 is 19.1 Å². The highest BCUT2D eigenvalue weighted by atomic mass is 35.5. The number of morpholine rings is 1. The summed E-state index contributed by atoms with van der Waals surface area (Å²) in [6.07, 6.45) is 0.704. The topological polar surface area (TPSA) is 93.9 Å². The molecule has 0 unspecified atom stereocenters. The van der Waals surface area contributed by atoms with Crippen molar-refractivity contribution in [3.8, 4) is 0 Å².